The lowest BCUT2D eigenvalue weighted by atomic mass is 9.88. The molecule has 1 fully saturated rings. The van der Waals surface area contributed by atoms with Crippen molar-refractivity contribution in [2.75, 3.05) is 18.9 Å². The quantitative estimate of drug-likeness (QED) is 0.834. The van der Waals surface area contributed by atoms with Gasteiger partial charge in [0.1, 0.15) is 11.6 Å². The third-order valence-electron chi connectivity index (χ3n) is 6.10. The summed E-state index contributed by atoms with van der Waals surface area (Å²) in [4.78, 5) is 31.3. The molecule has 2 aliphatic rings. The molecule has 0 radical (unpaired) electrons. The van der Waals surface area contributed by atoms with Crippen molar-refractivity contribution in [3.8, 4) is 0 Å². The average molecular weight is 399 g/mol. The number of aryl methyl sites for hydroxylation is 1. The minimum Gasteiger partial charge on any atom is -0.360 e. The molecule has 0 aromatic carbocycles. The maximum atomic E-state index is 12.9. The highest BCUT2D eigenvalue weighted by Gasteiger charge is 2.31. The van der Waals surface area contributed by atoms with Crippen LogP contribution in [0.3, 0.4) is 0 Å². The van der Waals surface area contributed by atoms with E-state index in [2.05, 4.69) is 15.0 Å². The summed E-state index contributed by atoms with van der Waals surface area (Å²) in [5.74, 6) is 2.38. The second-order valence-corrected chi connectivity index (χ2v) is 8.35. The van der Waals surface area contributed by atoms with Gasteiger partial charge in [-0.25, -0.2) is 4.98 Å². The van der Waals surface area contributed by atoms with Gasteiger partial charge in [0.05, 0.1) is 6.54 Å². The van der Waals surface area contributed by atoms with Crippen molar-refractivity contribution >= 4 is 17.6 Å². The van der Waals surface area contributed by atoms with Gasteiger partial charge in [-0.15, -0.1) is 0 Å². The van der Waals surface area contributed by atoms with E-state index in [4.69, 9.17) is 9.51 Å². The fourth-order valence-electron chi connectivity index (χ4n) is 4.60. The van der Waals surface area contributed by atoms with Crippen molar-refractivity contribution in [2.45, 2.75) is 64.3 Å². The third-order valence-corrected chi connectivity index (χ3v) is 6.10. The van der Waals surface area contributed by atoms with Crippen molar-refractivity contribution < 1.29 is 14.1 Å². The molecule has 1 saturated carbocycles. The Kier molecular flexibility index (Phi) is 5.69. The zero-order chi connectivity index (χ0) is 20.4. The number of imidazole rings is 1. The van der Waals surface area contributed by atoms with E-state index >= 15 is 0 Å². The molecule has 2 amide bonds. The molecule has 0 saturated heterocycles. The smallest absolute Gasteiger partial charge is 0.245 e. The van der Waals surface area contributed by atoms with E-state index in [9.17, 15) is 9.59 Å². The average Bonchev–Trinajstić information content (AvgIpc) is 3.33. The number of rotatable bonds is 5. The molecule has 0 bridgehead atoms. The third kappa shape index (κ3) is 4.36. The highest BCUT2D eigenvalue weighted by Crippen LogP contribution is 2.34. The number of nitrogens with one attached hydrogen (secondary N) is 1. The van der Waals surface area contributed by atoms with E-state index in [1.54, 1.807) is 20.0 Å². The van der Waals surface area contributed by atoms with E-state index in [0.717, 1.165) is 18.7 Å². The molecular weight excluding hydrogens is 370 g/mol. The second kappa shape index (κ2) is 8.39. The molecule has 156 valence electrons. The van der Waals surface area contributed by atoms with Crippen LogP contribution in [0.2, 0.25) is 0 Å². The normalized spacial score (nSPS) is 19.6. The minimum atomic E-state index is -0.283. The van der Waals surface area contributed by atoms with Crippen molar-refractivity contribution in [3.05, 3.63) is 29.5 Å². The number of hydrogen-bond donors (Lipinski definition) is 1. The summed E-state index contributed by atoms with van der Waals surface area (Å²) in [5.41, 5.74) is 1.14. The van der Waals surface area contributed by atoms with E-state index < -0.39 is 0 Å². The first-order valence-electron chi connectivity index (χ1n) is 10.5. The molecule has 29 heavy (non-hydrogen) atoms. The molecular formula is C21H29N5O3. The van der Waals surface area contributed by atoms with Crippen LogP contribution < -0.4 is 5.32 Å². The zero-order valence-corrected chi connectivity index (χ0v) is 17.2. The molecule has 2 aromatic rings. The Hall–Kier alpha value is -2.64. The lowest BCUT2D eigenvalue weighted by Crippen LogP contribution is -2.41. The van der Waals surface area contributed by atoms with Gasteiger partial charge in [0.25, 0.3) is 0 Å². The number of amides is 2. The fraction of sp³-hybridized carbons (Fsp3) is 0.619. The van der Waals surface area contributed by atoms with Gasteiger partial charge < -0.3 is 19.3 Å². The first kappa shape index (κ1) is 19.7. The summed E-state index contributed by atoms with van der Waals surface area (Å²) >= 11 is 0. The Balaban J connectivity index is 1.34. The highest BCUT2D eigenvalue weighted by atomic mass is 16.5. The first-order valence-corrected chi connectivity index (χ1v) is 10.5. The minimum absolute atomic E-state index is 0.00292. The van der Waals surface area contributed by atoms with Crippen LogP contribution >= 0.6 is 0 Å². The van der Waals surface area contributed by atoms with E-state index in [0.29, 0.717) is 23.9 Å². The number of carbonyl (C=O) groups is 2. The lowest BCUT2D eigenvalue weighted by Gasteiger charge is -2.29. The van der Waals surface area contributed by atoms with Gasteiger partial charge in [0, 0.05) is 49.8 Å². The predicted molar refractivity (Wildman–Crippen MR) is 107 cm³/mol. The number of nitrogens with zero attached hydrogens (tertiary/aromatic N) is 4. The van der Waals surface area contributed by atoms with E-state index in [1.165, 1.54) is 42.8 Å². The Morgan fingerprint density at radius 2 is 2.07 bits per heavy atom. The maximum absolute atomic E-state index is 12.9. The van der Waals surface area contributed by atoms with Gasteiger partial charge in [0.2, 0.25) is 11.8 Å². The standard InChI is InChI=1S/C21H29N5O3/c1-14-10-18(24-29-14)23-19(27)13-25(2)21(28)16-8-9-26-17(11-16)12-22-20(26)15-6-4-3-5-7-15/h10,12,15-16H,3-9,11,13H2,1-2H3,(H,23,24,27)/t16-/m1/s1. The molecule has 1 N–H and O–H groups in total. The summed E-state index contributed by atoms with van der Waals surface area (Å²) < 4.78 is 7.27. The maximum Gasteiger partial charge on any atom is 0.245 e. The van der Waals surface area contributed by atoms with E-state index in [-0.39, 0.29) is 24.3 Å². The molecule has 1 aliphatic heterocycles. The topological polar surface area (TPSA) is 93.3 Å². The molecule has 1 atom stereocenters. The monoisotopic (exact) mass is 399 g/mol. The van der Waals surface area contributed by atoms with Gasteiger partial charge >= 0.3 is 0 Å². The van der Waals surface area contributed by atoms with Crippen LogP contribution in [0.4, 0.5) is 5.82 Å². The molecule has 1 aliphatic carbocycles. The summed E-state index contributed by atoms with van der Waals surface area (Å²) in [6.45, 7) is 2.58. The van der Waals surface area contributed by atoms with Crippen LogP contribution in [0.25, 0.3) is 0 Å². The summed E-state index contributed by atoms with van der Waals surface area (Å²) in [7, 11) is 1.68. The van der Waals surface area contributed by atoms with Gasteiger partial charge in [-0.1, -0.05) is 24.4 Å². The lowest BCUT2D eigenvalue weighted by molar-refractivity contribution is -0.137. The number of aromatic nitrogens is 3. The van der Waals surface area contributed by atoms with Crippen LogP contribution in [0.1, 0.15) is 61.7 Å². The second-order valence-electron chi connectivity index (χ2n) is 8.35. The molecule has 0 spiro atoms. The number of carbonyl (C=O) groups excluding carboxylic acids is 2. The van der Waals surface area contributed by atoms with Crippen LogP contribution in [0, 0.1) is 12.8 Å². The van der Waals surface area contributed by atoms with Crippen LogP contribution in [-0.2, 0) is 22.6 Å². The summed E-state index contributed by atoms with van der Waals surface area (Å²) in [6, 6.07) is 1.64. The van der Waals surface area contributed by atoms with Crippen LogP contribution in [0.5, 0.6) is 0 Å². The van der Waals surface area contributed by atoms with Crippen LogP contribution in [0.15, 0.2) is 16.8 Å². The molecule has 3 heterocycles. The Morgan fingerprint density at radius 1 is 1.28 bits per heavy atom. The Bertz CT molecular complexity index is 881. The highest BCUT2D eigenvalue weighted by molar-refractivity contribution is 5.94. The van der Waals surface area contributed by atoms with Crippen molar-refractivity contribution in [1.29, 1.82) is 0 Å². The predicted octanol–water partition coefficient (Wildman–Crippen LogP) is 2.89. The molecule has 4 rings (SSSR count). The Morgan fingerprint density at radius 3 is 2.79 bits per heavy atom. The number of fused-ring (bicyclic) bond motifs is 1. The van der Waals surface area contributed by atoms with Gasteiger partial charge in [-0.05, 0) is 26.2 Å². The Labute approximate surface area is 170 Å². The van der Waals surface area contributed by atoms with Gasteiger partial charge in [-0.2, -0.15) is 0 Å². The van der Waals surface area contributed by atoms with Crippen molar-refractivity contribution in [1.82, 2.24) is 19.6 Å². The van der Waals surface area contributed by atoms with Crippen LogP contribution in [-0.4, -0.2) is 45.0 Å². The van der Waals surface area contributed by atoms with Gasteiger partial charge in [0.15, 0.2) is 5.82 Å². The molecule has 8 nitrogen and oxygen atoms in total. The number of likely N-dealkylation sites (N-methyl/N-ethyl adjacent to an activating group) is 1. The molecule has 0 unspecified atom stereocenters. The largest absolute Gasteiger partial charge is 0.360 e. The fourth-order valence-corrected chi connectivity index (χ4v) is 4.60. The first-order chi connectivity index (χ1) is 14.0. The molecule has 2 aromatic heterocycles. The van der Waals surface area contributed by atoms with Crippen molar-refractivity contribution in [2.24, 2.45) is 5.92 Å². The SMILES string of the molecule is Cc1cc(NC(=O)CN(C)C(=O)[C@@H]2CCn3c(cnc3C3CCCCC3)C2)no1. The van der Waals surface area contributed by atoms with E-state index in [1.807, 2.05) is 6.20 Å². The van der Waals surface area contributed by atoms with Gasteiger partial charge in [-0.3, -0.25) is 9.59 Å². The number of anilines is 1. The molecule has 8 heteroatoms. The summed E-state index contributed by atoms with van der Waals surface area (Å²) in [6.07, 6.45) is 9.77. The van der Waals surface area contributed by atoms with Crippen molar-refractivity contribution in [3.63, 3.8) is 0 Å². The number of hydrogen-bond acceptors (Lipinski definition) is 5. The summed E-state index contributed by atoms with van der Waals surface area (Å²) in [5, 5.41) is 6.40. The zero-order valence-electron chi connectivity index (χ0n) is 17.2.